The zero-order chi connectivity index (χ0) is 41.7. The fourth-order valence-electron chi connectivity index (χ4n) is 7.60. The van der Waals surface area contributed by atoms with Crippen molar-refractivity contribution in [2.75, 3.05) is 13.7 Å². The second-order valence-electron chi connectivity index (χ2n) is 16.7. The minimum Gasteiger partial charge on any atom is -0.494 e. The van der Waals surface area contributed by atoms with Gasteiger partial charge >= 0.3 is 12.3 Å². The summed E-state index contributed by atoms with van der Waals surface area (Å²) in [6.45, 7) is 6.33. The van der Waals surface area contributed by atoms with E-state index >= 15 is 0 Å². The third kappa shape index (κ3) is 8.51. The Labute approximate surface area is 329 Å². The molecule has 2 aliphatic carbocycles. The van der Waals surface area contributed by atoms with Crippen LogP contribution in [0.15, 0.2) is 42.6 Å². The van der Waals surface area contributed by atoms with E-state index in [0.29, 0.717) is 62.5 Å². The Morgan fingerprint density at radius 2 is 1.75 bits per heavy atom. The maximum Gasteiger partial charge on any atom is 0.427 e. The highest BCUT2D eigenvalue weighted by atomic mass is 32.2. The van der Waals surface area contributed by atoms with E-state index in [1.165, 1.54) is 25.1 Å². The number of aromatic nitrogens is 1. The normalized spacial score (nSPS) is 29.7. The van der Waals surface area contributed by atoms with Gasteiger partial charge in [0.05, 0.1) is 24.6 Å². The van der Waals surface area contributed by atoms with Gasteiger partial charge in [0.15, 0.2) is 0 Å². The number of amides is 4. The van der Waals surface area contributed by atoms with Crippen molar-refractivity contribution >= 4 is 44.6 Å². The molecule has 312 valence electrons. The number of ether oxygens (including phenoxy) is 3. The Morgan fingerprint density at radius 3 is 2.40 bits per heavy atom. The maximum absolute atomic E-state index is 14.7. The summed E-state index contributed by atoms with van der Waals surface area (Å²) in [6.07, 6.45) is 0.141. The number of pyridine rings is 1. The van der Waals surface area contributed by atoms with Crippen LogP contribution in [0.2, 0.25) is 0 Å². The number of rotatable bonds is 8. The number of hydrogen-bond donors (Lipinski definition) is 3. The maximum atomic E-state index is 14.7. The topological polar surface area (TPSA) is 182 Å². The van der Waals surface area contributed by atoms with E-state index in [1.807, 2.05) is 25.1 Å². The van der Waals surface area contributed by atoms with Gasteiger partial charge in [0.1, 0.15) is 29.5 Å². The monoisotopic (exact) mass is 821 g/mol. The number of allylic oxidation sites excluding steroid dienone is 1. The number of benzene rings is 1. The van der Waals surface area contributed by atoms with Crippen molar-refractivity contribution in [2.24, 2.45) is 17.8 Å². The Balaban J connectivity index is 1.36. The second-order valence-corrected chi connectivity index (χ2v) is 18.9. The average molecular weight is 822 g/mol. The minimum atomic E-state index is -4.91. The van der Waals surface area contributed by atoms with Gasteiger partial charge in [-0.25, -0.2) is 18.2 Å². The highest BCUT2D eigenvalue weighted by Gasteiger charge is 2.63. The lowest BCUT2D eigenvalue weighted by Gasteiger charge is -2.34. The molecule has 1 aromatic carbocycles. The Hall–Kier alpha value is -4.61. The molecule has 2 saturated carbocycles. The van der Waals surface area contributed by atoms with Crippen LogP contribution in [0.1, 0.15) is 79.6 Å². The molecule has 0 unspecified atom stereocenters. The molecule has 3 N–H and O–H groups in total. The first kappa shape index (κ1) is 42.0. The lowest BCUT2D eigenvalue weighted by atomic mass is 9.88. The Kier molecular flexibility index (Phi) is 11.3. The van der Waals surface area contributed by atoms with Crippen LogP contribution < -0.4 is 24.8 Å². The fourth-order valence-corrected chi connectivity index (χ4v) is 8.91. The van der Waals surface area contributed by atoms with Gasteiger partial charge in [-0.15, -0.1) is 0 Å². The number of sulfonamides is 1. The molecular formula is C39H50F3N5O9S. The number of alkyl carbamates (subject to hydrolysis) is 1. The summed E-state index contributed by atoms with van der Waals surface area (Å²) < 4.78 is 85.2. The van der Waals surface area contributed by atoms with Crippen molar-refractivity contribution in [3.8, 4) is 11.6 Å². The number of carbonyl (C=O) groups is 4. The standard InChI is InChI=1S/C39H50F3N5O9S/c1-22-11-7-8-12-24-19-38(24,34(50)46-57(52,53)37(5)15-16-37)45-31(48)28-18-25(55-32-27-14-10-9-13-26(27)29(54-6)20-43-32)21-47(28)33(49)30(23(2)17-22)44-35(51)56-36(3,4)39(40,41)42/h8-10,12-14,20,22-25,28,30H,7,11,15-19,21H2,1-6H3,(H,44,51)(H,45,48)(H,46,50)/b12-8-/t22-,23-,24-,25-,28+,30+,38-/m1/s1. The average Bonchev–Trinajstić information content (AvgIpc) is 4.01. The molecule has 0 bridgehead atoms. The second kappa shape index (κ2) is 15.3. The molecule has 3 fully saturated rings. The van der Waals surface area contributed by atoms with Crippen LogP contribution in [0.5, 0.6) is 11.6 Å². The zero-order valence-corrected chi connectivity index (χ0v) is 33.6. The lowest BCUT2D eigenvalue weighted by Crippen LogP contribution is -2.59. The Morgan fingerprint density at radius 1 is 1.07 bits per heavy atom. The molecule has 18 heteroatoms. The van der Waals surface area contributed by atoms with Crippen molar-refractivity contribution in [2.45, 2.75) is 120 Å². The first-order valence-electron chi connectivity index (χ1n) is 19.1. The largest absolute Gasteiger partial charge is 0.494 e. The zero-order valence-electron chi connectivity index (χ0n) is 32.8. The molecule has 14 nitrogen and oxygen atoms in total. The van der Waals surface area contributed by atoms with E-state index < -0.39 is 85.9 Å². The molecular weight excluding hydrogens is 772 g/mol. The number of nitrogens with zero attached hydrogens (tertiary/aromatic N) is 2. The SMILES string of the molecule is COc1cnc(O[C@@H]2C[C@H]3C(=O)N[C@]4(C(=O)NS(=O)(=O)C5(C)CC5)C[C@H]4/C=C\CC[C@@H](C)C[C@@H](C)[C@H](NC(=O)OC(C)(C)C(F)(F)F)C(=O)N3C2)c2ccccc12. The van der Waals surface area contributed by atoms with Gasteiger partial charge in [-0.3, -0.25) is 19.1 Å². The summed E-state index contributed by atoms with van der Waals surface area (Å²) in [5, 5.41) is 6.45. The van der Waals surface area contributed by atoms with Crippen molar-refractivity contribution in [3.05, 3.63) is 42.6 Å². The quantitative estimate of drug-likeness (QED) is 0.310. The van der Waals surface area contributed by atoms with Crippen LogP contribution in [0, 0.1) is 17.8 Å². The van der Waals surface area contributed by atoms with Gasteiger partial charge in [-0.05, 0) is 77.2 Å². The van der Waals surface area contributed by atoms with Crippen molar-refractivity contribution in [3.63, 3.8) is 0 Å². The molecule has 2 aromatic rings. The van der Waals surface area contributed by atoms with E-state index in [-0.39, 0.29) is 31.2 Å². The van der Waals surface area contributed by atoms with Crippen LogP contribution in [0.25, 0.3) is 10.8 Å². The van der Waals surface area contributed by atoms with Gasteiger partial charge in [0.2, 0.25) is 33.3 Å². The molecule has 1 saturated heterocycles. The van der Waals surface area contributed by atoms with Crippen molar-refractivity contribution in [1.29, 1.82) is 0 Å². The molecule has 57 heavy (non-hydrogen) atoms. The molecule has 2 aliphatic heterocycles. The summed E-state index contributed by atoms with van der Waals surface area (Å²) in [7, 11) is -2.58. The van der Waals surface area contributed by atoms with Gasteiger partial charge in [0, 0.05) is 23.1 Å². The van der Waals surface area contributed by atoms with E-state index in [2.05, 4.69) is 20.3 Å². The van der Waals surface area contributed by atoms with Crippen molar-refractivity contribution in [1.82, 2.24) is 25.2 Å². The molecule has 1 aromatic heterocycles. The van der Waals surface area contributed by atoms with Gasteiger partial charge in [-0.2, -0.15) is 13.2 Å². The predicted octanol–water partition coefficient (Wildman–Crippen LogP) is 4.91. The van der Waals surface area contributed by atoms with E-state index in [9.17, 15) is 40.8 Å². The molecule has 4 amide bonds. The molecule has 3 heterocycles. The molecule has 0 spiro atoms. The van der Waals surface area contributed by atoms with Crippen LogP contribution in [0.3, 0.4) is 0 Å². The molecule has 6 rings (SSSR count). The highest BCUT2D eigenvalue weighted by molar-refractivity contribution is 7.91. The number of methoxy groups -OCH3 is 1. The first-order chi connectivity index (χ1) is 26.6. The third-order valence-corrected chi connectivity index (χ3v) is 13.9. The summed E-state index contributed by atoms with van der Waals surface area (Å²) in [4.78, 5) is 61.8. The molecule has 7 atom stereocenters. The summed E-state index contributed by atoms with van der Waals surface area (Å²) in [6, 6.07) is 4.41. The number of fused-ring (bicyclic) bond motifs is 3. The number of hydrogen-bond acceptors (Lipinski definition) is 10. The fraction of sp³-hybridized carbons (Fsp3) is 0.615. The van der Waals surface area contributed by atoms with E-state index in [4.69, 9.17) is 14.2 Å². The summed E-state index contributed by atoms with van der Waals surface area (Å²) in [5.74, 6) is -3.00. The number of alkyl halides is 3. The lowest BCUT2D eigenvalue weighted by molar-refractivity contribution is -0.244. The van der Waals surface area contributed by atoms with Crippen LogP contribution in [-0.4, -0.2) is 96.0 Å². The summed E-state index contributed by atoms with van der Waals surface area (Å²) >= 11 is 0. The number of carbonyl (C=O) groups excluding carboxylic acids is 4. The van der Waals surface area contributed by atoms with Gasteiger partial charge < -0.3 is 29.7 Å². The molecule has 0 radical (unpaired) electrons. The van der Waals surface area contributed by atoms with Crippen molar-refractivity contribution < 1.29 is 55.0 Å². The summed E-state index contributed by atoms with van der Waals surface area (Å²) in [5.41, 5.74) is -4.52. The molecule has 4 aliphatic rings. The van der Waals surface area contributed by atoms with Crippen LogP contribution >= 0.6 is 0 Å². The van der Waals surface area contributed by atoms with E-state index in [1.54, 1.807) is 25.1 Å². The van der Waals surface area contributed by atoms with E-state index in [0.717, 1.165) is 0 Å². The van der Waals surface area contributed by atoms with Gasteiger partial charge in [0.25, 0.3) is 5.91 Å². The van der Waals surface area contributed by atoms with Crippen LogP contribution in [0.4, 0.5) is 18.0 Å². The predicted molar refractivity (Wildman–Crippen MR) is 201 cm³/mol. The van der Waals surface area contributed by atoms with Crippen LogP contribution in [-0.2, 0) is 29.1 Å². The number of nitrogens with one attached hydrogen (secondary N) is 3. The number of halogens is 3. The first-order valence-corrected chi connectivity index (χ1v) is 20.6. The highest BCUT2D eigenvalue weighted by Crippen LogP contribution is 2.48. The minimum absolute atomic E-state index is 0.0363. The van der Waals surface area contributed by atoms with Gasteiger partial charge in [-0.1, -0.05) is 44.2 Å². The smallest absolute Gasteiger partial charge is 0.427 e. The third-order valence-electron chi connectivity index (χ3n) is 11.8. The Bertz CT molecular complexity index is 2060.